The first-order valence-corrected chi connectivity index (χ1v) is 7.54. The Labute approximate surface area is 124 Å². The first kappa shape index (κ1) is 14.1. The van der Waals surface area contributed by atoms with E-state index in [0.29, 0.717) is 0 Å². The molecule has 0 heterocycles. The number of carboxylic acid groups (broad SMARTS) is 1. The van der Waals surface area contributed by atoms with Crippen LogP contribution in [0.25, 0.3) is 0 Å². The fourth-order valence-corrected chi connectivity index (χ4v) is 3.75. The molecular weight excluding hydrogens is 266 g/mol. The molecule has 0 aromatic heterocycles. The molecule has 4 nitrogen and oxygen atoms in total. The zero-order valence-corrected chi connectivity index (χ0v) is 12.4. The fraction of sp³-hybridized carbons (Fsp3) is 0.529. The van der Waals surface area contributed by atoms with Crippen LogP contribution in [-0.2, 0) is 16.0 Å². The van der Waals surface area contributed by atoms with Gasteiger partial charge < -0.3 is 10.4 Å². The van der Waals surface area contributed by atoms with E-state index in [0.717, 1.165) is 19.3 Å². The zero-order chi connectivity index (χ0) is 15.2. The van der Waals surface area contributed by atoms with Crippen molar-refractivity contribution in [2.75, 3.05) is 0 Å². The van der Waals surface area contributed by atoms with Crippen molar-refractivity contribution in [2.45, 2.75) is 39.2 Å². The van der Waals surface area contributed by atoms with Crippen molar-refractivity contribution in [3.63, 3.8) is 0 Å². The van der Waals surface area contributed by atoms with Crippen molar-refractivity contribution in [2.24, 2.45) is 17.3 Å². The Balaban J connectivity index is 1.74. The minimum atomic E-state index is -0.871. The summed E-state index contributed by atoms with van der Waals surface area (Å²) < 4.78 is 0. The molecule has 4 heteroatoms. The highest BCUT2D eigenvalue weighted by atomic mass is 16.4. The van der Waals surface area contributed by atoms with Gasteiger partial charge in [0.2, 0.25) is 5.91 Å². The van der Waals surface area contributed by atoms with Gasteiger partial charge in [0.05, 0.1) is 17.9 Å². The molecule has 0 bridgehead atoms. The minimum Gasteiger partial charge on any atom is -0.481 e. The van der Waals surface area contributed by atoms with Gasteiger partial charge in [0.15, 0.2) is 0 Å². The lowest BCUT2D eigenvalue weighted by molar-refractivity contribution is -0.140. The summed E-state index contributed by atoms with van der Waals surface area (Å²) in [5.74, 6) is -1.96. The molecule has 2 aliphatic rings. The van der Waals surface area contributed by atoms with E-state index in [9.17, 15) is 14.7 Å². The number of nitrogens with one attached hydrogen (secondary N) is 1. The van der Waals surface area contributed by atoms with E-state index in [1.807, 2.05) is 26.0 Å². The molecule has 3 rings (SSSR count). The van der Waals surface area contributed by atoms with Crippen LogP contribution >= 0.6 is 0 Å². The number of carboxylic acids is 1. The summed E-state index contributed by atoms with van der Waals surface area (Å²) in [6, 6.07) is 8.20. The van der Waals surface area contributed by atoms with Crippen LogP contribution in [0, 0.1) is 17.3 Å². The molecule has 0 aliphatic heterocycles. The first-order chi connectivity index (χ1) is 9.93. The fourth-order valence-electron chi connectivity index (χ4n) is 3.75. The molecule has 3 unspecified atom stereocenters. The maximum absolute atomic E-state index is 12.4. The van der Waals surface area contributed by atoms with E-state index in [4.69, 9.17) is 0 Å². The topological polar surface area (TPSA) is 66.4 Å². The predicted octanol–water partition coefficient (Wildman–Crippen LogP) is 2.54. The van der Waals surface area contributed by atoms with Gasteiger partial charge >= 0.3 is 5.97 Å². The number of aryl methyl sites for hydroxylation is 1. The summed E-state index contributed by atoms with van der Waals surface area (Å²) in [6.45, 7) is 3.70. The summed E-state index contributed by atoms with van der Waals surface area (Å²) in [5, 5.41) is 12.3. The van der Waals surface area contributed by atoms with Gasteiger partial charge in [0, 0.05) is 0 Å². The molecule has 3 atom stereocenters. The number of benzene rings is 1. The molecular formula is C17H21NO3. The van der Waals surface area contributed by atoms with Crippen molar-refractivity contribution in [1.29, 1.82) is 0 Å². The predicted molar refractivity (Wildman–Crippen MR) is 78.7 cm³/mol. The average Bonchev–Trinajstić information content (AvgIpc) is 3.02. The van der Waals surface area contributed by atoms with E-state index >= 15 is 0 Å². The lowest BCUT2D eigenvalue weighted by Crippen LogP contribution is -2.33. The van der Waals surface area contributed by atoms with Crippen LogP contribution in [0.5, 0.6) is 0 Å². The second kappa shape index (κ2) is 4.86. The van der Waals surface area contributed by atoms with Gasteiger partial charge in [-0.25, -0.2) is 0 Å². The first-order valence-electron chi connectivity index (χ1n) is 7.54. The standard InChI is InChI=1S/C17H21NO3/c1-17(2)13(14(17)16(20)21)15(19)18-12-9-5-7-10-6-3-4-8-11(10)12/h3-4,6,8,12-14H,5,7,9H2,1-2H3,(H,18,19)(H,20,21). The lowest BCUT2D eigenvalue weighted by Gasteiger charge is -2.26. The maximum atomic E-state index is 12.4. The number of carbonyl (C=O) groups excluding carboxylic acids is 1. The van der Waals surface area contributed by atoms with Gasteiger partial charge in [-0.15, -0.1) is 0 Å². The van der Waals surface area contributed by atoms with Gasteiger partial charge in [0.1, 0.15) is 0 Å². The Hall–Kier alpha value is -1.84. The van der Waals surface area contributed by atoms with Crippen LogP contribution in [0.3, 0.4) is 0 Å². The third-order valence-corrected chi connectivity index (χ3v) is 5.06. The van der Waals surface area contributed by atoms with Gasteiger partial charge in [-0.1, -0.05) is 38.1 Å². The molecule has 0 radical (unpaired) electrons. The van der Waals surface area contributed by atoms with E-state index in [1.54, 1.807) is 0 Å². The third kappa shape index (κ3) is 2.33. The molecule has 1 aromatic rings. The van der Waals surface area contributed by atoms with Crippen LogP contribution in [0.1, 0.15) is 43.9 Å². The van der Waals surface area contributed by atoms with Crippen molar-refractivity contribution < 1.29 is 14.7 Å². The second-order valence-electron chi connectivity index (χ2n) is 6.77. The summed E-state index contributed by atoms with van der Waals surface area (Å²) in [7, 11) is 0. The Morgan fingerprint density at radius 1 is 1.24 bits per heavy atom. The number of fused-ring (bicyclic) bond motifs is 1. The highest BCUT2D eigenvalue weighted by Gasteiger charge is 2.66. The summed E-state index contributed by atoms with van der Waals surface area (Å²) in [6.07, 6.45) is 3.03. The van der Waals surface area contributed by atoms with Crippen molar-refractivity contribution in [3.05, 3.63) is 35.4 Å². The molecule has 2 N–H and O–H groups in total. The number of carbonyl (C=O) groups is 2. The molecule has 2 aliphatic carbocycles. The largest absolute Gasteiger partial charge is 0.481 e. The summed E-state index contributed by atoms with van der Waals surface area (Å²) in [4.78, 5) is 23.6. The quantitative estimate of drug-likeness (QED) is 0.897. The Morgan fingerprint density at radius 3 is 2.62 bits per heavy atom. The van der Waals surface area contributed by atoms with Crippen molar-refractivity contribution in [1.82, 2.24) is 5.32 Å². The summed E-state index contributed by atoms with van der Waals surface area (Å²) >= 11 is 0. The third-order valence-electron chi connectivity index (χ3n) is 5.06. The molecule has 0 spiro atoms. The number of hydrogen-bond donors (Lipinski definition) is 2. The monoisotopic (exact) mass is 287 g/mol. The molecule has 21 heavy (non-hydrogen) atoms. The van der Waals surface area contributed by atoms with E-state index in [2.05, 4.69) is 17.4 Å². The highest BCUT2D eigenvalue weighted by molar-refractivity contribution is 5.91. The van der Waals surface area contributed by atoms with Crippen molar-refractivity contribution >= 4 is 11.9 Å². The van der Waals surface area contributed by atoms with E-state index in [-0.39, 0.29) is 11.9 Å². The Morgan fingerprint density at radius 2 is 1.95 bits per heavy atom. The SMILES string of the molecule is CC1(C)C(C(=O)O)C1C(=O)NC1CCCc2ccccc21. The Kier molecular flexibility index (Phi) is 3.27. The van der Waals surface area contributed by atoms with Crippen LogP contribution < -0.4 is 5.32 Å². The van der Waals surface area contributed by atoms with Crippen LogP contribution in [-0.4, -0.2) is 17.0 Å². The molecule has 1 saturated carbocycles. The van der Waals surface area contributed by atoms with Crippen molar-refractivity contribution in [3.8, 4) is 0 Å². The number of aliphatic carboxylic acids is 1. The van der Waals surface area contributed by atoms with Gasteiger partial charge in [-0.3, -0.25) is 9.59 Å². The lowest BCUT2D eigenvalue weighted by atomic mass is 9.87. The maximum Gasteiger partial charge on any atom is 0.307 e. The number of amides is 1. The minimum absolute atomic E-state index is 0.0216. The van der Waals surface area contributed by atoms with E-state index in [1.165, 1.54) is 11.1 Å². The summed E-state index contributed by atoms with van der Waals surface area (Å²) in [5.41, 5.74) is 2.03. The van der Waals surface area contributed by atoms with Crippen LogP contribution in [0.2, 0.25) is 0 Å². The molecule has 1 amide bonds. The molecule has 112 valence electrons. The van der Waals surface area contributed by atoms with E-state index < -0.39 is 23.2 Å². The van der Waals surface area contributed by atoms with Gasteiger partial charge in [0.25, 0.3) is 0 Å². The Bertz CT molecular complexity index is 593. The van der Waals surface area contributed by atoms with Crippen LogP contribution in [0.15, 0.2) is 24.3 Å². The number of hydrogen-bond acceptors (Lipinski definition) is 2. The normalized spacial score (nSPS) is 29.3. The van der Waals surface area contributed by atoms with Gasteiger partial charge in [-0.2, -0.15) is 0 Å². The molecule has 1 aromatic carbocycles. The zero-order valence-electron chi connectivity index (χ0n) is 12.4. The van der Waals surface area contributed by atoms with Crippen LogP contribution in [0.4, 0.5) is 0 Å². The average molecular weight is 287 g/mol. The highest BCUT2D eigenvalue weighted by Crippen LogP contribution is 2.58. The molecule has 1 fully saturated rings. The van der Waals surface area contributed by atoms with Gasteiger partial charge in [-0.05, 0) is 35.8 Å². The number of rotatable bonds is 3. The molecule has 0 saturated heterocycles. The smallest absolute Gasteiger partial charge is 0.307 e. The second-order valence-corrected chi connectivity index (χ2v) is 6.77.